The molecule has 1 aliphatic rings. The molecule has 0 radical (unpaired) electrons. The van der Waals surface area contributed by atoms with Gasteiger partial charge < -0.3 is 9.47 Å². The second-order valence-corrected chi connectivity index (χ2v) is 7.68. The third kappa shape index (κ3) is 4.61. The van der Waals surface area contributed by atoms with Gasteiger partial charge in [0.1, 0.15) is 11.5 Å². The average Bonchev–Trinajstić information content (AvgIpc) is 3.26. The molecule has 3 aromatic rings. The minimum Gasteiger partial charge on any atom is -0.497 e. The average molecular weight is 415 g/mol. The molecule has 0 aliphatic carbocycles. The number of carbonyl (C=O) groups excluding carboxylic acids is 1. The molecule has 3 aromatic carbocycles. The van der Waals surface area contributed by atoms with E-state index in [1.807, 2.05) is 86.6 Å². The van der Waals surface area contributed by atoms with E-state index in [1.165, 1.54) is 5.56 Å². The number of rotatable bonds is 6. The molecular formula is C26H26N2O3. The summed E-state index contributed by atoms with van der Waals surface area (Å²) in [7, 11) is 1.64. The van der Waals surface area contributed by atoms with Gasteiger partial charge in [0.05, 0.1) is 18.9 Å². The van der Waals surface area contributed by atoms with Crippen LogP contribution in [0, 0.1) is 13.8 Å². The molecule has 1 atom stereocenters. The smallest absolute Gasteiger partial charge is 0.281 e. The van der Waals surface area contributed by atoms with E-state index >= 15 is 0 Å². The molecule has 0 saturated carbocycles. The minimum atomic E-state index is -0.183. The van der Waals surface area contributed by atoms with Crippen molar-refractivity contribution in [3.05, 3.63) is 95.1 Å². The van der Waals surface area contributed by atoms with E-state index in [2.05, 4.69) is 0 Å². The first-order chi connectivity index (χ1) is 15.0. The number of amides is 1. The van der Waals surface area contributed by atoms with Crippen LogP contribution in [0.2, 0.25) is 0 Å². The predicted molar refractivity (Wildman–Crippen MR) is 122 cm³/mol. The van der Waals surface area contributed by atoms with E-state index in [1.54, 1.807) is 12.1 Å². The van der Waals surface area contributed by atoms with Crippen LogP contribution in [0.25, 0.3) is 0 Å². The minimum absolute atomic E-state index is 0.0687. The van der Waals surface area contributed by atoms with Crippen molar-refractivity contribution in [2.45, 2.75) is 26.3 Å². The number of nitrogens with zero attached hydrogens (tertiary/aromatic N) is 2. The number of carbonyl (C=O) groups is 1. The molecule has 4 rings (SSSR count). The van der Waals surface area contributed by atoms with Crippen LogP contribution in [0.4, 0.5) is 0 Å². The fourth-order valence-electron chi connectivity index (χ4n) is 3.65. The standard InChI is InChI=1S/C26H26N2O3/c1-18-9-12-23(15-19(18)2)31-17-26(29)28-25(21-10-13-22(30-3)14-11-21)16-24(27-28)20-7-5-4-6-8-20/h4-15,25H,16-17H2,1-3H3. The zero-order chi connectivity index (χ0) is 21.8. The fraction of sp³-hybridized carbons (Fsp3) is 0.231. The van der Waals surface area contributed by atoms with Gasteiger partial charge in [0.15, 0.2) is 6.61 Å². The molecule has 1 aliphatic heterocycles. The number of hydrazone groups is 1. The molecule has 31 heavy (non-hydrogen) atoms. The lowest BCUT2D eigenvalue weighted by atomic mass is 9.98. The first-order valence-electron chi connectivity index (χ1n) is 10.3. The Labute approximate surface area is 182 Å². The van der Waals surface area contributed by atoms with E-state index < -0.39 is 0 Å². The Morgan fingerprint density at radius 2 is 1.68 bits per heavy atom. The summed E-state index contributed by atoms with van der Waals surface area (Å²) in [5, 5.41) is 6.25. The second-order valence-electron chi connectivity index (χ2n) is 7.68. The maximum atomic E-state index is 13.1. The summed E-state index contributed by atoms with van der Waals surface area (Å²) in [5.74, 6) is 1.29. The van der Waals surface area contributed by atoms with Crippen molar-refractivity contribution in [3.63, 3.8) is 0 Å². The Morgan fingerprint density at radius 1 is 0.968 bits per heavy atom. The van der Waals surface area contributed by atoms with E-state index in [9.17, 15) is 4.79 Å². The molecule has 158 valence electrons. The maximum absolute atomic E-state index is 13.1. The van der Waals surface area contributed by atoms with Crippen LogP contribution < -0.4 is 9.47 Å². The zero-order valence-electron chi connectivity index (χ0n) is 18.0. The van der Waals surface area contributed by atoms with Gasteiger partial charge in [0.25, 0.3) is 5.91 Å². The van der Waals surface area contributed by atoms with Crippen LogP contribution in [0.15, 0.2) is 77.9 Å². The lowest BCUT2D eigenvalue weighted by molar-refractivity contribution is -0.135. The predicted octanol–water partition coefficient (Wildman–Crippen LogP) is 5.07. The number of ether oxygens (including phenoxy) is 2. The largest absolute Gasteiger partial charge is 0.497 e. The Balaban J connectivity index is 1.56. The summed E-state index contributed by atoms with van der Waals surface area (Å²) in [6.07, 6.45) is 0.645. The van der Waals surface area contributed by atoms with Gasteiger partial charge >= 0.3 is 0 Å². The Kier molecular flexibility index (Phi) is 6.03. The maximum Gasteiger partial charge on any atom is 0.281 e. The van der Waals surface area contributed by atoms with Crippen LogP contribution in [0.1, 0.15) is 34.7 Å². The second kappa shape index (κ2) is 9.04. The van der Waals surface area contributed by atoms with Crippen molar-refractivity contribution in [3.8, 4) is 11.5 Å². The normalized spacial score (nSPS) is 15.5. The highest BCUT2D eigenvalue weighted by Gasteiger charge is 2.33. The number of methoxy groups -OCH3 is 1. The molecule has 1 unspecified atom stereocenters. The van der Waals surface area contributed by atoms with Crippen LogP contribution in [-0.2, 0) is 4.79 Å². The molecule has 0 fully saturated rings. The van der Waals surface area contributed by atoms with E-state index in [0.29, 0.717) is 12.2 Å². The van der Waals surface area contributed by atoms with Gasteiger partial charge in [-0.15, -0.1) is 0 Å². The third-order valence-electron chi connectivity index (χ3n) is 5.61. The van der Waals surface area contributed by atoms with Crippen molar-refractivity contribution < 1.29 is 14.3 Å². The van der Waals surface area contributed by atoms with E-state index in [4.69, 9.17) is 14.6 Å². The van der Waals surface area contributed by atoms with E-state index in [-0.39, 0.29) is 18.6 Å². The summed E-state index contributed by atoms with van der Waals surface area (Å²) < 4.78 is 11.1. The summed E-state index contributed by atoms with van der Waals surface area (Å²) in [4.78, 5) is 13.1. The van der Waals surface area contributed by atoms with Crippen molar-refractivity contribution in [2.24, 2.45) is 5.10 Å². The molecular weight excluding hydrogens is 388 g/mol. The van der Waals surface area contributed by atoms with Gasteiger partial charge in [-0.1, -0.05) is 48.5 Å². The van der Waals surface area contributed by atoms with Crippen molar-refractivity contribution in [1.82, 2.24) is 5.01 Å². The molecule has 0 aromatic heterocycles. The van der Waals surface area contributed by atoms with Crippen molar-refractivity contribution in [1.29, 1.82) is 0 Å². The highest BCUT2D eigenvalue weighted by Crippen LogP contribution is 2.33. The van der Waals surface area contributed by atoms with Gasteiger partial charge in [-0.05, 0) is 60.4 Å². The van der Waals surface area contributed by atoms with Crippen LogP contribution in [-0.4, -0.2) is 30.3 Å². The van der Waals surface area contributed by atoms with Crippen LogP contribution >= 0.6 is 0 Å². The van der Waals surface area contributed by atoms with Gasteiger partial charge in [-0.2, -0.15) is 5.10 Å². The summed E-state index contributed by atoms with van der Waals surface area (Å²) in [5.41, 5.74) is 5.24. The highest BCUT2D eigenvalue weighted by atomic mass is 16.5. The fourth-order valence-corrected chi connectivity index (χ4v) is 3.65. The molecule has 5 nitrogen and oxygen atoms in total. The summed E-state index contributed by atoms with van der Waals surface area (Å²) >= 11 is 0. The van der Waals surface area contributed by atoms with Crippen molar-refractivity contribution in [2.75, 3.05) is 13.7 Å². The molecule has 0 spiro atoms. The lowest BCUT2D eigenvalue weighted by Crippen LogP contribution is -2.31. The monoisotopic (exact) mass is 414 g/mol. The lowest BCUT2D eigenvalue weighted by Gasteiger charge is -2.22. The van der Waals surface area contributed by atoms with Crippen molar-refractivity contribution >= 4 is 11.6 Å². The molecule has 1 amide bonds. The van der Waals surface area contributed by atoms with Crippen LogP contribution in [0.5, 0.6) is 11.5 Å². The summed E-state index contributed by atoms with van der Waals surface area (Å²) in [6, 6.07) is 23.4. The quantitative estimate of drug-likeness (QED) is 0.566. The van der Waals surface area contributed by atoms with Gasteiger partial charge in [-0.3, -0.25) is 4.79 Å². The molecule has 0 N–H and O–H groups in total. The number of hydrogen-bond acceptors (Lipinski definition) is 4. The SMILES string of the molecule is COc1ccc(C2CC(c3ccccc3)=NN2C(=O)COc2ccc(C)c(C)c2)cc1. The molecule has 0 saturated heterocycles. The highest BCUT2D eigenvalue weighted by molar-refractivity contribution is 6.03. The zero-order valence-corrected chi connectivity index (χ0v) is 18.0. The van der Waals surface area contributed by atoms with E-state index in [0.717, 1.165) is 28.2 Å². The first-order valence-corrected chi connectivity index (χ1v) is 10.3. The Bertz CT molecular complexity index is 1090. The third-order valence-corrected chi connectivity index (χ3v) is 5.61. The number of aryl methyl sites for hydroxylation is 2. The van der Waals surface area contributed by atoms with Crippen LogP contribution in [0.3, 0.4) is 0 Å². The van der Waals surface area contributed by atoms with Gasteiger partial charge in [0.2, 0.25) is 0 Å². The molecule has 1 heterocycles. The first kappa shape index (κ1) is 20.7. The molecule has 0 bridgehead atoms. The summed E-state index contributed by atoms with van der Waals surface area (Å²) in [6.45, 7) is 4.01. The number of benzene rings is 3. The Morgan fingerprint density at radius 3 is 2.35 bits per heavy atom. The van der Waals surface area contributed by atoms with Gasteiger partial charge in [-0.25, -0.2) is 5.01 Å². The topological polar surface area (TPSA) is 51.1 Å². The molecule has 5 heteroatoms. The number of hydrogen-bond donors (Lipinski definition) is 0. The van der Waals surface area contributed by atoms with Gasteiger partial charge in [0, 0.05) is 6.42 Å². The Hall–Kier alpha value is -3.60.